The first-order valence-corrected chi connectivity index (χ1v) is 8.94. The second kappa shape index (κ2) is 7.22. The Kier molecular flexibility index (Phi) is 4.60. The number of aromatic amines is 1. The summed E-state index contributed by atoms with van der Waals surface area (Å²) in [7, 11) is 3.16. The molecule has 4 aromatic rings. The number of nitrogens with zero attached hydrogens (tertiary/aromatic N) is 3. The van der Waals surface area contributed by atoms with Gasteiger partial charge in [-0.1, -0.05) is 12.1 Å². The van der Waals surface area contributed by atoms with Crippen molar-refractivity contribution in [2.75, 3.05) is 14.2 Å². The van der Waals surface area contributed by atoms with E-state index in [1.165, 1.54) is 10.6 Å². The molecule has 0 amide bonds. The van der Waals surface area contributed by atoms with Gasteiger partial charge < -0.3 is 14.0 Å². The number of H-pyrrole nitrogens is 1. The van der Waals surface area contributed by atoms with Gasteiger partial charge in [-0.05, 0) is 24.6 Å². The number of nitrogens with one attached hydrogen (secondary N) is 1. The van der Waals surface area contributed by atoms with Crippen molar-refractivity contribution in [3.05, 3.63) is 52.5 Å². The van der Waals surface area contributed by atoms with E-state index in [-0.39, 0.29) is 5.56 Å². The van der Waals surface area contributed by atoms with E-state index < -0.39 is 0 Å². The largest absolute Gasteiger partial charge is 0.493 e. The maximum absolute atomic E-state index is 12.6. The Bertz CT molecular complexity index is 1190. The number of aromatic nitrogens is 4. The second-order valence-electron chi connectivity index (χ2n) is 6.34. The molecule has 0 saturated heterocycles. The minimum atomic E-state index is -0.230. The highest BCUT2D eigenvalue weighted by atomic mass is 16.5. The van der Waals surface area contributed by atoms with Crippen LogP contribution in [0.1, 0.15) is 19.1 Å². The Labute approximate surface area is 160 Å². The number of aryl methyl sites for hydroxylation is 1. The third kappa shape index (κ3) is 3.13. The summed E-state index contributed by atoms with van der Waals surface area (Å²) in [5.74, 6) is 2.01. The molecular formula is C20H20N4O4. The molecular weight excluding hydrogens is 360 g/mol. The fraction of sp³-hybridized carbons (Fsp3) is 0.250. The molecule has 0 spiro atoms. The summed E-state index contributed by atoms with van der Waals surface area (Å²) >= 11 is 0. The summed E-state index contributed by atoms with van der Waals surface area (Å²) in [6, 6.07) is 10.6. The van der Waals surface area contributed by atoms with Crippen LogP contribution < -0.4 is 15.0 Å². The van der Waals surface area contributed by atoms with Crippen LogP contribution in [0, 0.1) is 0 Å². The molecule has 4 rings (SSSR count). The molecule has 0 atom stereocenters. The molecule has 1 aromatic carbocycles. The lowest BCUT2D eigenvalue weighted by atomic mass is 10.1. The van der Waals surface area contributed by atoms with Crippen LogP contribution in [-0.4, -0.2) is 34.0 Å². The quantitative estimate of drug-likeness (QED) is 0.551. The third-order valence-electron chi connectivity index (χ3n) is 4.46. The van der Waals surface area contributed by atoms with Crippen LogP contribution >= 0.6 is 0 Å². The number of benzene rings is 1. The number of hydrogen-bond acceptors (Lipinski definition) is 6. The van der Waals surface area contributed by atoms with Crippen LogP contribution in [0.4, 0.5) is 0 Å². The molecule has 0 bridgehead atoms. The summed E-state index contributed by atoms with van der Waals surface area (Å²) in [4.78, 5) is 17.1. The van der Waals surface area contributed by atoms with Gasteiger partial charge in [0.25, 0.3) is 5.56 Å². The number of hydrogen-bond donors (Lipinski definition) is 1. The normalized spacial score (nSPS) is 11.1. The summed E-state index contributed by atoms with van der Waals surface area (Å²) in [5.41, 5.74) is 2.87. The second-order valence-corrected chi connectivity index (χ2v) is 6.34. The van der Waals surface area contributed by atoms with Crippen LogP contribution in [0.3, 0.4) is 0 Å². The Hall–Kier alpha value is -3.55. The minimum absolute atomic E-state index is 0.230. The molecule has 144 valence electrons. The van der Waals surface area contributed by atoms with E-state index in [1.54, 1.807) is 20.3 Å². The van der Waals surface area contributed by atoms with Crippen molar-refractivity contribution >= 4 is 5.65 Å². The lowest BCUT2D eigenvalue weighted by molar-refractivity contribution is 0.355. The first kappa shape index (κ1) is 17.8. The zero-order valence-electron chi connectivity index (χ0n) is 15.9. The average molecular weight is 380 g/mol. The van der Waals surface area contributed by atoms with E-state index in [2.05, 4.69) is 22.2 Å². The molecule has 3 aromatic heterocycles. The molecule has 8 nitrogen and oxygen atoms in total. The van der Waals surface area contributed by atoms with Gasteiger partial charge in [-0.3, -0.25) is 9.89 Å². The zero-order chi connectivity index (χ0) is 19.7. The highest BCUT2D eigenvalue weighted by Crippen LogP contribution is 2.32. The Morgan fingerprint density at radius 3 is 2.64 bits per heavy atom. The van der Waals surface area contributed by atoms with Gasteiger partial charge in [-0.15, -0.1) is 0 Å². The van der Waals surface area contributed by atoms with Crippen molar-refractivity contribution in [2.24, 2.45) is 0 Å². The van der Waals surface area contributed by atoms with Crippen LogP contribution in [-0.2, 0) is 6.42 Å². The van der Waals surface area contributed by atoms with E-state index in [4.69, 9.17) is 14.0 Å². The summed E-state index contributed by atoms with van der Waals surface area (Å²) < 4.78 is 17.3. The van der Waals surface area contributed by atoms with Crippen molar-refractivity contribution in [2.45, 2.75) is 19.8 Å². The van der Waals surface area contributed by atoms with E-state index in [9.17, 15) is 4.79 Å². The minimum Gasteiger partial charge on any atom is -0.493 e. The third-order valence-corrected chi connectivity index (χ3v) is 4.46. The van der Waals surface area contributed by atoms with Gasteiger partial charge in [0.05, 0.1) is 19.9 Å². The van der Waals surface area contributed by atoms with Gasteiger partial charge in [0.1, 0.15) is 17.1 Å². The van der Waals surface area contributed by atoms with Gasteiger partial charge in [-0.25, -0.2) is 9.50 Å². The molecule has 0 aliphatic carbocycles. The Morgan fingerprint density at radius 2 is 1.89 bits per heavy atom. The number of methoxy groups -OCH3 is 2. The van der Waals surface area contributed by atoms with Crippen LogP contribution in [0.25, 0.3) is 28.3 Å². The topological polar surface area (TPSA) is 94.7 Å². The summed E-state index contributed by atoms with van der Waals surface area (Å²) in [6.07, 6.45) is 1.75. The molecule has 28 heavy (non-hydrogen) atoms. The van der Waals surface area contributed by atoms with Crippen molar-refractivity contribution in [3.8, 4) is 34.1 Å². The maximum Gasteiger partial charge on any atom is 0.273 e. The van der Waals surface area contributed by atoms with Gasteiger partial charge in [0.2, 0.25) is 0 Å². The lowest BCUT2D eigenvalue weighted by Gasteiger charge is -2.08. The van der Waals surface area contributed by atoms with Gasteiger partial charge >= 0.3 is 0 Å². The SMILES string of the molecule is CCCc1cc(-c2cc(=O)n3[nH]c(-c4ccc(OC)c(OC)c4)cc3n2)no1. The summed E-state index contributed by atoms with van der Waals surface area (Å²) in [6.45, 7) is 2.06. The molecule has 8 heteroatoms. The smallest absolute Gasteiger partial charge is 0.273 e. The van der Waals surface area contributed by atoms with E-state index in [0.29, 0.717) is 28.5 Å². The number of rotatable bonds is 6. The predicted octanol–water partition coefficient (Wildman–Crippen LogP) is 3.31. The van der Waals surface area contributed by atoms with E-state index in [1.807, 2.05) is 24.3 Å². The first-order valence-electron chi connectivity index (χ1n) is 8.94. The van der Waals surface area contributed by atoms with Gasteiger partial charge in [-0.2, -0.15) is 0 Å². The molecule has 0 fully saturated rings. The van der Waals surface area contributed by atoms with E-state index >= 15 is 0 Å². The average Bonchev–Trinajstić information content (AvgIpc) is 3.35. The fourth-order valence-corrected chi connectivity index (χ4v) is 3.07. The van der Waals surface area contributed by atoms with Crippen molar-refractivity contribution in [3.63, 3.8) is 0 Å². The number of ether oxygens (including phenoxy) is 2. The first-order chi connectivity index (χ1) is 13.6. The standard InChI is InChI=1S/C20H20N4O4/c1-4-5-13-9-16(23-28-13)15-11-20(25)24-19(21-15)10-14(22-24)12-6-7-17(26-2)18(8-12)27-3/h6-11,22H,4-5H2,1-3H3. The molecule has 0 saturated carbocycles. The highest BCUT2D eigenvalue weighted by Gasteiger charge is 2.14. The highest BCUT2D eigenvalue weighted by molar-refractivity contribution is 5.68. The maximum atomic E-state index is 12.6. The number of fused-ring (bicyclic) bond motifs is 1. The predicted molar refractivity (Wildman–Crippen MR) is 104 cm³/mol. The van der Waals surface area contributed by atoms with Crippen LogP contribution in [0.5, 0.6) is 11.5 Å². The molecule has 0 radical (unpaired) electrons. The van der Waals surface area contributed by atoms with E-state index in [0.717, 1.165) is 29.9 Å². The Balaban J connectivity index is 1.77. The molecule has 0 aliphatic rings. The molecule has 3 heterocycles. The summed E-state index contributed by atoms with van der Waals surface area (Å²) in [5, 5.41) is 7.11. The molecule has 1 N–H and O–H groups in total. The zero-order valence-corrected chi connectivity index (χ0v) is 15.9. The molecule has 0 aliphatic heterocycles. The molecule has 0 unspecified atom stereocenters. The van der Waals surface area contributed by atoms with Crippen molar-refractivity contribution < 1.29 is 14.0 Å². The van der Waals surface area contributed by atoms with Crippen molar-refractivity contribution in [1.82, 2.24) is 19.8 Å². The monoisotopic (exact) mass is 380 g/mol. The fourth-order valence-electron chi connectivity index (χ4n) is 3.07. The van der Waals surface area contributed by atoms with Gasteiger partial charge in [0, 0.05) is 30.2 Å². The van der Waals surface area contributed by atoms with Crippen molar-refractivity contribution in [1.29, 1.82) is 0 Å². The van der Waals surface area contributed by atoms with Crippen LogP contribution in [0.15, 0.2) is 45.7 Å². The lowest BCUT2D eigenvalue weighted by Crippen LogP contribution is -2.14. The van der Waals surface area contributed by atoms with Gasteiger partial charge in [0.15, 0.2) is 17.1 Å². The Morgan fingerprint density at radius 1 is 1.07 bits per heavy atom. The van der Waals surface area contributed by atoms with Crippen LogP contribution in [0.2, 0.25) is 0 Å².